The van der Waals surface area contributed by atoms with Crippen molar-refractivity contribution in [3.63, 3.8) is 0 Å². The fraction of sp³-hybridized carbons (Fsp3) is 0.143. The van der Waals surface area contributed by atoms with E-state index in [1.54, 1.807) is 55.1 Å². The summed E-state index contributed by atoms with van der Waals surface area (Å²) in [5.41, 5.74) is 1.04. The van der Waals surface area contributed by atoms with Gasteiger partial charge in [0.1, 0.15) is 23.6 Å². The molecule has 150 valence electrons. The Labute approximate surface area is 172 Å². The van der Waals surface area contributed by atoms with Crippen molar-refractivity contribution in [2.45, 2.75) is 19.9 Å². The summed E-state index contributed by atoms with van der Waals surface area (Å²) in [6, 6.07) is 14.2. The number of pyridine rings is 1. The highest BCUT2D eigenvalue weighted by atomic mass is 16.5. The van der Waals surface area contributed by atoms with E-state index >= 15 is 0 Å². The van der Waals surface area contributed by atoms with Gasteiger partial charge < -0.3 is 14.6 Å². The number of aromatic nitrogens is 6. The van der Waals surface area contributed by atoms with Crippen molar-refractivity contribution < 1.29 is 9.53 Å². The molecule has 0 atom stereocenters. The van der Waals surface area contributed by atoms with Crippen LogP contribution in [0.5, 0.6) is 11.8 Å². The number of ether oxygens (including phenoxy) is 1. The summed E-state index contributed by atoms with van der Waals surface area (Å²) < 4.78 is 7.50. The van der Waals surface area contributed by atoms with E-state index < -0.39 is 0 Å². The van der Waals surface area contributed by atoms with Crippen LogP contribution in [0.4, 0.5) is 5.82 Å². The number of rotatable bonds is 6. The average Bonchev–Trinajstić information content (AvgIpc) is 3.25. The first-order valence-electron chi connectivity index (χ1n) is 9.33. The maximum atomic E-state index is 12.7. The van der Waals surface area contributed by atoms with E-state index in [0.717, 1.165) is 0 Å². The van der Waals surface area contributed by atoms with Crippen molar-refractivity contribution in [1.82, 2.24) is 29.7 Å². The van der Waals surface area contributed by atoms with Crippen LogP contribution in [0.25, 0.3) is 11.5 Å². The summed E-state index contributed by atoms with van der Waals surface area (Å²) in [6.45, 7) is 4.07. The standard InChI is InChI=1S/C21H19N7O2/c1-14(2)28-13-24-27-19(28)17-8-4-9-18(25-17)26-20(29)15-6-3-7-16(12-15)30-21-22-10-5-11-23-21/h3-14H,1-2H3,(H,25,26,29). The van der Waals surface area contributed by atoms with Gasteiger partial charge in [-0.3, -0.25) is 4.79 Å². The molecule has 9 nitrogen and oxygen atoms in total. The Kier molecular flexibility index (Phi) is 5.42. The highest BCUT2D eigenvalue weighted by Crippen LogP contribution is 2.21. The Hall–Kier alpha value is -4.14. The van der Waals surface area contributed by atoms with Crippen LogP contribution in [0.1, 0.15) is 30.2 Å². The van der Waals surface area contributed by atoms with Gasteiger partial charge in [0.2, 0.25) is 0 Å². The number of hydrogen-bond acceptors (Lipinski definition) is 7. The average molecular weight is 401 g/mol. The van der Waals surface area contributed by atoms with Crippen molar-refractivity contribution in [2.24, 2.45) is 0 Å². The van der Waals surface area contributed by atoms with Crippen molar-refractivity contribution in [2.75, 3.05) is 5.32 Å². The summed E-state index contributed by atoms with van der Waals surface area (Å²) in [5, 5.41) is 10.9. The van der Waals surface area contributed by atoms with Gasteiger partial charge in [-0.2, -0.15) is 0 Å². The molecule has 30 heavy (non-hydrogen) atoms. The molecule has 1 aromatic carbocycles. The predicted molar refractivity (Wildman–Crippen MR) is 110 cm³/mol. The van der Waals surface area contributed by atoms with Crippen LogP contribution in [0.3, 0.4) is 0 Å². The summed E-state index contributed by atoms with van der Waals surface area (Å²) >= 11 is 0. The quantitative estimate of drug-likeness (QED) is 0.524. The zero-order valence-electron chi connectivity index (χ0n) is 16.4. The van der Waals surface area contributed by atoms with Gasteiger partial charge in [-0.05, 0) is 50.2 Å². The number of nitrogens with one attached hydrogen (secondary N) is 1. The second-order valence-electron chi connectivity index (χ2n) is 6.68. The number of carbonyl (C=O) groups is 1. The third-order valence-electron chi connectivity index (χ3n) is 4.20. The lowest BCUT2D eigenvalue weighted by molar-refractivity contribution is 0.102. The molecule has 0 fully saturated rings. The molecular formula is C21H19N7O2. The van der Waals surface area contributed by atoms with Crippen molar-refractivity contribution in [1.29, 1.82) is 0 Å². The first kappa shape index (κ1) is 19.2. The van der Waals surface area contributed by atoms with Crippen LogP contribution in [0.15, 0.2) is 67.3 Å². The molecule has 3 aromatic heterocycles. The highest BCUT2D eigenvalue weighted by molar-refractivity contribution is 6.04. The molecule has 3 heterocycles. The van der Waals surface area contributed by atoms with Crippen molar-refractivity contribution in [3.8, 4) is 23.3 Å². The zero-order valence-corrected chi connectivity index (χ0v) is 16.4. The van der Waals surface area contributed by atoms with Crippen LogP contribution in [0, 0.1) is 0 Å². The van der Waals surface area contributed by atoms with Crippen LogP contribution < -0.4 is 10.1 Å². The van der Waals surface area contributed by atoms with E-state index in [4.69, 9.17) is 4.74 Å². The van der Waals surface area contributed by atoms with E-state index in [0.29, 0.717) is 28.6 Å². The van der Waals surface area contributed by atoms with Gasteiger partial charge in [0.05, 0.1) is 0 Å². The maximum absolute atomic E-state index is 12.7. The van der Waals surface area contributed by atoms with Gasteiger partial charge in [-0.1, -0.05) is 12.1 Å². The molecule has 0 saturated heterocycles. The number of anilines is 1. The van der Waals surface area contributed by atoms with Crippen molar-refractivity contribution in [3.05, 3.63) is 72.8 Å². The Balaban J connectivity index is 1.52. The Morgan fingerprint density at radius 3 is 2.67 bits per heavy atom. The molecule has 0 spiro atoms. The van der Waals surface area contributed by atoms with E-state index in [-0.39, 0.29) is 18.0 Å². The third kappa shape index (κ3) is 4.30. The summed E-state index contributed by atoms with van der Waals surface area (Å²) in [5.74, 6) is 1.19. The SMILES string of the molecule is CC(C)n1cnnc1-c1cccc(NC(=O)c2cccc(Oc3ncccn3)c2)n1. The molecular weight excluding hydrogens is 382 g/mol. The van der Waals surface area contributed by atoms with Gasteiger partial charge in [0.25, 0.3) is 5.91 Å². The lowest BCUT2D eigenvalue weighted by Gasteiger charge is -2.11. The lowest BCUT2D eigenvalue weighted by Crippen LogP contribution is -2.13. The molecule has 4 aromatic rings. The number of hydrogen-bond donors (Lipinski definition) is 1. The normalized spacial score (nSPS) is 10.8. The molecule has 0 saturated carbocycles. The molecule has 0 unspecified atom stereocenters. The second-order valence-corrected chi connectivity index (χ2v) is 6.68. The molecule has 1 N–H and O–H groups in total. The fourth-order valence-corrected chi connectivity index (χ4v) is 2.77. The number of amides is 1. The summed E-state index contributed by atoms with van der Waals surface area (Å²) in [6.07, 6.45) is 4.82. The van der Waals surface area contributed by atoms with Gasteiger partial charge >= 0.3 is 6.01 Å². The zero-order chi connectivity index (χ0) is 20.9. The third-order valence-corrected chi connectivity index (χ3v) is 4.20. The van der Waals surface area contributed by atoms with Gasteiger partial charge in [-0.25, -0.2) is 15.0 Å². The maximum Gasteiger partial charge on any atom is 0.321 e. The molecule has 0 aliphatic rings. The minimum absolute atomic E-state index is 0.186. The predicted octanol–water partition coefficient (Wildman–Crippen LogP) is 3.76. The molecule has 0 aliphatic heterocycles. The Bertz CT molecular complexity index is 1160. The van der Waals surface area contributed by atoms with Gasteiger partial charge in [0, 0.05) is 24.0 Å². The first-order valence-corrected chi connectivity index (χ1v) is 9.33. The first-order chi connectivity index (χ1) is 14.6. The number of carbonyl (C=O) groups excluding carboxylic acids is 1. The minimum atomic E-state index is -0.315. The Morgan fingerprint density at radius 1 is 1.07 bits per heavy atom. The number of benzene rings is 1. The Morgan fingerprint density at radius 2 is 1.87 bits per heavy atom. The van der Waals surface area contributed by atoms with Crippen molar-refractivity contribution >= 4 is 11.7 Å². The van der Waals surface area contributed by atoms with Crippen LogP contribution in [0.2, 0.25) is 0 Å². The molecule has 0 bridgehead atoms. The van der Waals surface area contributed by atoms with E-state index in [1.165, 1.54) is 0 Å². The molecule has 0 aliphatic carbocycles. The molecule has 0 radical (unpaired) electrons. The van der Waals surface area contributed by atoms with Gasteiger partial charge in [-0.15, -0.1) is 10.2 Å². The molecule has 9 heteroatoms. The topological polar surface area (TPSA) is 108 Å². The molecule has 1 amide bonds. The second kappa shape index (κ2) is 8.48. The minimum Gasteiger partial charge on any atom is -0.424 e. The van der Waals surface area contributed by atoms with Crippen LogP contribution in [-0.2, 0) is 0 Å². The monoisotopic (exact) mass is 401 g/mol. The highest BCUT2D eigenvalue weighted by Gasteiger charge is 2.13. The fourth-order valence-electron chi connectivity index (χ4n) is 2.77. The smallest absolute Gasteiger partial charge is 0.321 e. The summed E-state index contributed by atoms with van der Waals surface area (Å²) in [4.78, 5) is 25.3. The molecule has 4 rings (SSSR count). The van der Waals surface area contributed by atoms with E-state index in [2.05, 4.69) is 30.5 Å². The van der Waals surface area contributed by atoms with Crippen LogP contribution in [-0.4, -0.2) is 35.6 Å². The summed E-state index contributed by atoms with van der Waals surface area (Å²) in [7, 11) is 0. The van der Waals surface area contributed by atoms with E-state index in [9.17, 15) is 4.79 Å². The van der Waals surface area contributed by atoms with E-state index in [1.807, 2.05) is 30.5 Å². The lowest BCUT2D eigenvalue weighted by atomic mass is 10.2. The van der Waals surface area contributed by atoms with Gasteiger partial charge in [0.15, 0.2) is 5.82 Å². The largest absolute Gasteiger partial charge is 0.424 e. The van der Waals surface area contributed by atoms with Crippen LogP contribution >= 0.6 is 0 Å². The number of nitrogens with zero attached hydrogens (tertiary/aromatic N) is 6.